The van der Waals surface area contributed by atoms with Crippen molar-refractivity contribution < 1.29 is 18.7 Å². The van der Waals surface area contributed by atoms with E-state index in [2.05, 4.69) is 5.32 Å². The summed E-state index contributed by atoms with van der Waals surface area (Å²) in [4.78, 5) is 25.9. The van der Waals surface area contributed by atoms with Gasteiger partial charge in [0.15, 0.2) is 0 Å². The lowest BCUT2D eigenvalue weighted by Crippen LogP contribution is -2.34. The summed E-state index contributed by atoms with van der Waals surface area (Å²) in [6, 6.07) is 11.8. The normalized spacial score (nSPS) is 17.2. The van der Waals surface area contributed by atoms with Crippen LogP contribution in [0.5, 0.6) is 5.75 Å². The van der Waals surface area contributed by atoms with Gasteiger partial charge in [-0.25, -0.2) is 9.29 Å². The first kappa shape index (κ1) is 16.0. The Balaban J connectivity index is 1.74. The second-order valence-electron chi connectivity index (χ2n) is 5.40. The molecule has 6 heteroatoms. The molecule has 0 unspecified atom stereocenters. The van der Waals surface area contributed by atoms with Crippen molar-refractivity contribution in [1.82, 2.24) is 0 Å². The highest BCUT2D eigenvalue weighted by Crippen LogP contribution is 2.26. The number of halogens is 1. The number of rotatable bonds is 5. The van der Waals surface area contributed by atoms with Crippen LogP contribution in [-0.2, 0) is 9.59 Å². The fraction of sp³-hybridized carbons (Fsp3) is 0.222. The van der Waals surface area contributed by atoms with Crippen LogP contribution in [0.2, 0.25) is 0 Å². The minimum absolute atomic E-state index is 0.0589. The molecule has 2 aromatic rings. The smallest absolute Gasteiger partial charge is 0.256 e. The molecule has 0 aliphatic carbocycles. The monoisotopic (exact) mass is 328 g/mol. The molecule has 2 amide bonds. The quantitative estimate of drug-likeness (QED) is 0.857. The fourth-order valence-corrected chi connectivity index (χ4v) is 2.62. The molecule has 1 atom stereocenters. The number of amides is 2. The molecule has 1 aliphatic rings. The Hall–Kier alpha value is -2.89. The van der Waals surface area contributed by atoms with Gasteiger partial charge in [-0.15, -0.1) is 0 Å². The minimum atomic E-state index is -0.658. The first-order chi connectivity index (χ1) is 11.6. The zero-order valence-electron chi connectivity index (χ0n) is 13.2. The molecule has 5 nitrogen and oxygen atoms in total. The van der Waals surface area contributed by atoms with Crippen molar-refractivity contribution in [2.24, 2.45) is 0 Å². The number of imide groups is 1. The summed E-state index contributed by atoms with van der Waals surface area (Å²) in [5, 5.41) is 2.98. The first-order valence-corrected chi connectivity index (χ1v) is 7.70. The van der Waals surface area contributed by atoms with Gasteiger partial charge < -0.3 is 10.1 Å². The number of carbonyl (C=O) groups is 2. The van der Waals surface area contributed by atoms with Crippen LogP contribution >= 0.6 is 0 Å². The van der Waals surface area contributed by atoms with Gasteiger partial charge in [-0.3, -0.25) is 9.59 Å². The van der Waals surface area contributed by atoms with E-state index in [0.717, 1.165) is 4.90 Å². The standard InChI is InChI=1S/C18H17FN2O3/c1-2-24-15-9-7-14(8-10-15)21-17(22)11-16(18(21)23)20-13-5-3-12(19)4-6-13/h3-10,16,20H,2,11H2,1H3/t16-/m0/s1. The molecule has 2 aromatic carbocycles. The number of carbonyl (C=O) groups excluding carboxylic acids is 2. The van der Waals surface area contributed by atoms with E-state index >= 15 is 0 Å². The lowest BCUT2D eigenvalue weighted by Gasteiger charge is -2.16. The van der Waals surface area contributed by atoms with Crippen molar-refractivity contribution in [3.05, 3.63) is 54.3 Å². The number of nitrogens with zero attached hydrogens (tertiary/aromatic N) is 1. The summed E-state index contributed by atoms with van der Waals surface area (Å²) in [6.07, 6.45) is 0.0589. The van der Waals surface area contributed by atoms with Crippen LogP contribution < -0.4 is 15.0 Å². The Bertz CT molecular complexity index is 744. The number of benzene rings is 2. The predicted molar refractivity (Wildman–Crippen MR) is 88.5 cm³/mol. The van der Waals surface area contributed by atoms with Crippen LogP contribution in [0.25, 0.3) is 0 Å². The Morgan fingerprint density at radius 1 is 1.12 bits per heavy atom. The molecule has 0 saturated carbocycles. The maximum atomic E-state index is 12.9. The summed E-state index contributed by atoms with van der Waals surface area (Å²) >= 11 is 0. The molecular formula is C18H17FN2O3. The van der Waals surface area contributed by atoms with Crippen molar-refractivity contribution in [3.8, 4) is 5.75 Å². The maximum absolute atomic E-state index is 12.9. The largest absolute Gasteiger partial charge is 0.494 e. The van der Waals surface area contributed by atoms with Crippen molar-refractivity contribution in [2.75, 3.05) is 16.8 Å². The highest BCUT2D eigenvalue weighted by atomic mass is 19.1. The van der Waals surface area contributed by atoms with Crippen LogP contribution in [0.15, 0.2) is 48.5 Å². The van der Waals surface area contributed by atoms with E-state index in [1.54, 1.807) is 24.3 Å². The van der Waals surface area contributed by atoms with E-state index in [1.165, 1.54) is 24.3 Å². The topological polar surface area (TPSA) is 58.6 Å². The fourth-order valence-electron chi connectivity index (χ4n) is 2.62. The lowest BCUT2D eigenvalue weighted by molar-refractivity contribution is -0.121. The van der Waals surface area contributed by atoms with E-state index in [0.29, 0.717) is 23.7 Å². The zero-order valence-corrected chi connectivity index (χ0v) is 13.2. The summed E-state index contributed by atoms with van der Waals surface area (Å²) in [5.74, 6) is -0.274. The van der Waals surface area contributed by atoms with Gasteiger partial charge in [0.1, 0.15) is 17.6 Å². The summed E-state index contributed by atoms with van der Waals surface area (Å²) in [7, 11) is 0. The highest BCUT2D eigenvalue weighted by molar-refractivity contribution is 6.23. The van der Waals surface area contributed by atoms with Crippen molar-refractivity contribution in [1.29, 1.82) is 0 Å². The van der Waals surface area contributed by atoms with Crippen LogP contribution in [0.3, 0.4) is 0 Å². The third-order valence-electron chi connectivity index (χ3n) is 3.74. The van der Waals surface area contributed by atoms with E-state index in [-0.39, 0.29) is 24.1 Å². The molecule has 1 saturated heterocycles. The first-order valence-electron chi connectivity index (χ1n) is 7.70. The SMILES string of the molecule is CCOc1ccc(N2C(=O)C[C@H](Nc3ccc(F)cc3)C2=O)cc1. The van der Waals surface area contributed by atoms with Crippen LogP contribution in [0, 0.1) is 5.82 Å². The number of anilines is 2. The van der Waals surface area contributed by atoms with Crippen LogP contribution in [0.1, 0.15) is 13.3 Å². The minimum Gasteiger partial charge on any atom is -0.494 e. The molecule has 0 bridgehead atoms. The van der Waals surface area contributed by atoms with E-state index < -0.39 is 6.04 Å². The molecule has 0 radical (unpaired) electrons. The van der Waals surface area contributed by atoms with Gasteiger partial charge in [-0.05, 0) is 55.5 Å². The molecule has 1 N–H and O–H groups in total. The zero-order chi connectivity index (χ0) is 17.1. The molecule has 0 spiro atoms. The summed E-state index contributed by atoms with van der Waals surface area (Å²) in [6.45, 7) is 2.43. The lowest BCUT2D eigenvalue weighted by atomic mass is 10.2. The van der Waals surface area contributed by atoms with Crippen molar-refractivity contribution in [2.45, 2.75) is 19.4 Å². The molecule has 24 heavy (non-hydrogen) atoms. The second kappa shape index (κ2) is 6.70. The third kappa shape index (κ3) is 3.22. The van der Waals surface area contributed by atoms with E-state index in [9.17, 15) is 14.0 Å². The average Bonchev–Trinajstić information content (AvgIpc) is 2.85. The van der Waals surface area contributed by atoms with Crippen LogP contribution in [0.4, 0.5) is 15.8 Å². The third-order valence-corrected chi connectivity index (χ3v) is 3.74. The highest BCUT2D eigenvalue weighted by Gasteiger charge is 2.39. The van der Waals surface area contributed by atoms with Gasteiger partial charge in [0.25, 0.3) is 5.91 Å². The van der Waals surface area contributed by atoms with Gasteiger partial charge in [0, 0.05) is 5.69 Å². The Morgan fingerprint density at radius 2 is 1.79 bits per heavy atom. The van der Waals surface area contributed by atoms with E-state index in [4.69, 9.17) is 4.74 Å². The maximum Gasteiger partial charge on any atom is 0.256 e. The molecule has 1 heterocycles. The Labute approximate surface area is 139 Å². The molecule has 0 aromatic heterocycles. The molecule has 124 valence electrons. The molecule has 1 aliphatic heterocycles. The van der Waals surface area contributed by atoms with Crippen molar-refractivity contribution in [3.63, 3.8) is 0 Å². The van der Waals surface area contributed by atoms with Gasteiger partial charge >= 0.3 is 0 Å². The van der Waals surface area contributed by atoms with Gasteiger partial charge in [0.05, 0.1) is 18.7 Å². The predicted octanol–water partition coefficient (Wildman–Crippen LogP) is 2.97. The van der Waals surface area contributed by atoms with Gasteiger partial charge in [-0.1, -0.05) is 0 Å². The summed E-state index contributed by atoms with van der Waals surface area (Å²) < 4.78 is 18.3. The number of hydrogen-bond donors (Lipinski definition) is 1. The average molecular weight is 328 g/mol. The Kier molecular flexibility index (Phi) is 4.46. The van der Waals surface area contributed by atoms with Crippen molar-refractivity contribution >= 4 is 23.2 Å². The molecular weight excluding hydrogens is 311 g/mol. The van der Waals surface area contributed by atoms with Gasteiger partial charge in [0.2, 0.25) is 5.91 Å². The molecule has 3 rings (SSSR count). The van der Waals surface area contributed by atoms with E-state index in [1.807, 2.05) is 6.92 Å². The second-order valence-corrected chi connectivity index (χ2v) is 5.40. The summed E-state index contributed by atoms with van der Waals surface area (Å²) in [5.41, 5.74) is 1.10. The van der Waals surface area contributed by atoms with Crippen LogP contribution in [-0.4, -0.2) is 24.5 Å². The number of ether oxygens (including phenoxy) is 1. The number of nitrogens with one attached hydrogen (secondary N) is 1. The number of hydrogen-bond acceptors (Lipinski definition) is 4. The van der Waals surface area contributed by atoms with Gasteiger partial charge in [-0.2, -0.15) is 0 Å². The Morgan fingerprint density at radius 3 is 2.42 bits per heavy atom. The molecule has 1 fully saturated rings.